The zero-order chi connectivity index (χ0) is 32.4. The molecule has 248 valence electrons. The van der Waals surface area contributed by atoms with Gasteiger partial charge in [0.1, 0.15) is 11.8 Å². The number of likely N-dealkylation sites (N-methyl/N-ethyl adjacent to an activating group) is 1. The monoisotopic (exact) mass is 630 g/mol. The lowest BCUT2D eigenvalue weighted by atomic mass is 9.85. The first kappa shape index (κ1) is 34.9. The molecule has 1 saturated heterocycles. The van der Waals surface area contributed by atoms with Gasteiger partial charge in [0, 0.05) is 44.8 Å². The van der Waals surface area contributed by atoms with E-state index in [-0.39, 0.29) is 23.5 Å². The Morgan fingerprint density at radius 2 is 1.69 bits per heavy atom. The van der Waals surface area contributed by atoms with E-state index in [2.05, 4.69) is 16.8 Å². The van der Waals surface area contributed by atoms with Crippen molar-refractivity contribution in [3.05, 3.63) is 59.2 Å². The summed E-state index contributed by atoms with van der Waals surface area (Å²) in [5.74, 6) is 0.385. The van der Waals surface area contributed by atoms with Gasteiger partial charge >= 0.3 is 6.18 Å². The molecule has 0 bridgehead atoms. The van der Waals surface area contributed by atoms with Gasteiger partial charge in [-0.2, -0.15) is 13.2 Å². The van der Waals surface area contributed by atoms with Gasteiger partial charge in [0.05, 0.1) is 18.7 Å². The highest BCUT2D eigenvalue weighted by Gasteiger charge is 2.37. The Hall–Kier alpha value is -2.95. The molecule has 0 aromatic heterocycles. The third-order valence-electron chi connectivity index (χ3n) is 9.32. The Kier molecular flexibility index (Phi) is 12.9. The average Bonchev–Trinajstić information content (AvgIpc) is 3.03. The number of piperazine rings is 1. The van der Waals surface area contributed by atoms with E-state index in [0.29, 0.717) is 30.3 Å². The van der Waals surface area contributed by atoms with E-state index in [4.69, 9.17) is 10.5 Å². The van der Waals surface area contributed by atoms with Crippen LogP contribution in [-0.2, 0) is 15.8 Å². The highest BCUT2D eigenvalue weighted by Crippen LogP contribution is 2.39. The maximum Gasteiger partial charge on any atom is 0.416 e. The zero-order valence-corrected chi connectivity index (χ0v) is 26.8. The largest absolute Gasteiger partial charge is 0.494 e. The Labute approximate surface area is 265 Å². The molecule has 0 spiro atoms. The van der Waals surface area contributed by atoms with E-state index in [1.807, 2.05) is 0 Å². The summed E-state index contributed by atoms with van der Waals surface area (Å²) in [6.07, 6.45) is 4.07. The summed E-state index contributed by atoms with van der Waals surface area (Å²) in [7, 11) is 2.13. The third kappa shape index (κ3) is 9.77. The maximum absolute atomic E-state index is 14.0. The lowest BCUT2D eigenvalue weighted by Crippen LogP contribution is -2.44. The summed E-state index contributed by atoms with van der Waals surface area (Å²) >= 11 is 0. The first-order valence-corrected chi connectivity index (χ1v) is 16.4. The molecule has 45 heavy (non-hydrogen) atoms. The minimum atomic E-state index is -4.61. The molecule has 7 nitrogen and oxygen atoms in total. The van der Waals surface area contributed by atoms with E-state index < -0.39 is 30.2 Å². The number of nitrogens with two attached hydrogens (primary N) is 1. The number of amides is 1. The Morgan fingerprint density at radius 3 is 2.33 bits per heavy atom. The summed E-state index contributed by atoms with van der Waals surface area (Å²) in [6.45, 7) is 6.59. The molecule has 1 heterocycles. The number of ketones is 1. The Morgan fingerprint density at radius 1 is 1.00 bits per heavy atom. The molecule has 2 fully saturated rings. The molecule has 1 saturated carbocycles. The van der Waals surface area contributed by atoms with Gasteiger partial charge in [0.15, 0.2) is 5.78 Å². The number of alkyl halides is 3. The van der Waals surface area contributed by atoms with Gasteiger partial charge in [0.2, 0.25) is 5.91 Å². The number of ether oxygens (including phenoxy) is 1. The first-order chi connectivity index (χ1) is 21.6. The number of halogens is 3. The van der Waals surface area contributed by atoms with Crippen LogP contribution in [0.15, 0.2) is 42.5 Å². The SMILES string of the molecule is Cc1c(N(C(=O)CN)C(C(=O)CCCC2CCCCC2)c2ccc(OCCCN3CCN(C)CC3)cc2)cccc1C(F)(F)F. The van der Waals surface area contributed by atoms with Crippen LogP contribution in [-0.4, -0.2) is 74.4 Å². The molecule has 2 N–H and O–H groups in total. The van der Waals surface area contributed by atoms with Crippen LogP contribution in [0, 0.1) is 12.8 Å². The number of carbonyl (C=O) groups excluding carboxylic acids is 2. The molecule has 2 aromatic carbocycles. The van der Waals surface area contributed by atoms with Crippen molar-refractivity contribution in [2.75, 3.05) is 57.8 Å². The predicted molar refractivity (Wildman–Crippen MR) is 171 cm³/mol. The fraction of sp³-hybridized carbons (Fsp3) is 0.600. The smallest absolute Gasteiger partial charge is 0.416 e. The fourth-order valence-corrected chi connectivity index (χ4v) is 6.66. The van der Waals surface area contributed by atoms with Crippen LogP contribution >= 0.6 is 0 Å². The number of anilines is 1. The number of hydrogen-bond donors (Lipinski definition) is 1. The molecule has 4 rings (SSSR count). The third-order valence-corrected chi connectivity index (χ3v) is 9.32. The Balaban J connectivity index is 1.54. The standard InChI is InChI=1S/C35H49F3N4O3/c1-26-30(35(36,37)38)12-7-13-31(26)42(33(44)25-39)34(32(43)14-6-11-27-9-4-3-5-10-27)28-15-17-29(18-16-28)45-24-8-19-41-22-20-40(2)21-23-41/h7,12-13,15-18,27,34H,3-6,8-11,14,19-25,39H2,1-2H3. The van der Waals surface area contributed by atoms with Crippen LogP contribution in [0.1, 0.15) is 80.5 Å². The van der Waals surface area contributed by atoms with Crippen LogP contribution in [0.4, 0.5) is 18.9 Å². The van der Waals surface area contributed by atoms with Crippen LogP contribution < -0.4 is 15.4 Å². The molecule has 1 unspecified atom stereocenters. The molecular formula is C35H49F3N4O3. The summed E-state index contributed by atoms with van der Waals surface area (Å²) in [5.41, 5.74) is 5.39. The van der Waals surface area contributed by atoms with Crippen molar-refractivity contribution >= 4 is 17.4 Å². The van der Waals surface area contributed by atoms with E-state index in [1.165, 1.54) is 43.2 Å². The molecular weight excluding hydrogens is 581 g/mol. The van der Waals surface area contributed by atoms with Gasteiger partial charge in [-0.15, -0.1) is 0 Å². The fourth-order valence-electron chi connectivity index (χ4n) is 6.66. The van der Waals surface area contributed by atoms with Gasteiger partial charge < -0.3 is 20.3 Å². The number of hydrogen-bond acceptors (Lipinski definition) is 6. The number of Topliss-reactive ketones (excluding diaryl/α,β-unsaturated/α-hetero) is 1. The average molecular weight is 631 g/mol. The highest BCUT2D eigenvalue weighted by molar-refractivity contribution is 6.03. The van der Waals surface area contributed by atoms with Crippen molar-refractivity contribution in [1.29, 1.82) is 0 Å². The topological polar surface area (TPSA) is 79.1 Å². The van der Waals surface area contributed by atoms with Crippen molar-refractivity contribution in [3.8, 4) is 5.75 Å². The quantitative estimate of drug-likeness (QED) is 0.244. The van der Waals surface area contributed by atoms with E-state index >= 15 is 0 Å². The Bertz CT molecular complexity index is 1240. The molecule has 1 aliphatic heterocycles. The van der Waals surface area contributed by atoms with Crippen LogP contribution in [0.2, 0.25) is 0 Å². The second-order valence-corrected chi connectivity index (χ2v) is 12.6. The number of nitrogens with zero attached hydrogens (tertiary/aromatic N) is 3. The summed E-state index contributed by atoms with van der Waals surface area (Å²) < 4.78 is 47.6. The molecule has 2 aromatic rings. The van der Waals surface area contributed by atoms with Gasteiger partial charge in [-0.1, -0.05) is 56.7 Å². The van der Waals surface area contributed by atoms with Gasteiger partial charge in [0.25, 0.3) is 0 Å². The molecule has 1 amide bonds. The van der Waals surface area contributed by atoms with Crippen LogP contribution in [0.3, 0.4) is 0 Å². The van der Waals surface area contributed by atoms with Gasteiger partial charge in [-0.3, -0.25) is 14.5 Å². The number of carbonyl (C=O) groups is 2. The van der Waals surface area contributed by atoms with Crippen molar-refractivity contribution in [2.45, 2.75) is 76.9 Å². The lowest BCUT2D eigenvalue weighted by molar-refractivity contribution is -0.138. The van der Waals surface area contributed by atoms with Crippen molar-refractivity contribution < 1.29 is 27.5 Å². The second-order valence-electron chi connectivity index (χ2n) is 12.6. The zero-order valence-electron chi connectivity index (χ0n) is 26.8. The lowest BCUT2D eigenvalue weighted by Gasteiger charge is -2.33. The molecule has 1 atom stereocenters. The summed E-state index contributed by atoms with van der Waals surface area (Å²) in [4.78, 5) is 33.3. The molecule has 0 radical (unpaired) electrons. The number of benzene rings is 2. The second kappa shape index (κ2) is 16.6. The normalized spacial score (nSPS) is 17.6. The number of rotatable bonds is 14. The molecule has 1 aliphatic carbocycles. The van der Waals surface area contributed by atoms with Crippen LogP contribution in [0.25, 0.3) is 0 Å². The van der Waals surface area contributed by atoms with Crippen molar-refractivity contribution in [1.82, 2.24) is 9.80 Å². The van der Waals surface area contributed by atoms with Crippen LogP contribution in [0.5, 0.6) is 5.75 Å². The highest BCUT2D eigenvalue weighted by atomic mass is 19.4. The minimum absolute atomic E-state index is 0.0372. The van der Waals surface area contributed by atoms with Gasteiger partial charge in [-0.05, 0) is 68.1 Å². The molecule has 10 heteroatoms. The summed E-state index contributed by atoms with van der Waals surface area (Å²) in [5, 5.41) is 0. The first-order valence-electron chi connectivity index (χ1n) is 16.4. The van der Waals surface area contributed by atoms with Gasteiger partial charge in [-0.25, -0.2) is 0 Å². The van der Waals surface area contributed by atoms with E-state index in [9.17, 15) is 22.8 Å². The predicted octanol–water partition coefficient (Wildman–Crippen LogP) is 6.38. The molecule has 2 aliphatic rings. The van der Waals surface area contributed by atoms with Crippen molar-refractivity contribution in [3.63, 3.8) is 0 Å². The minimum Gasteiger partial charge on any atom is -0.494 e. The van der Waals surface area contributed by atoms with E-state index in [1.54, 1.807) is 24.3 Å². The van der Waals surface area contributed by atoms with Crippen molar-refractivity contribution in [2.24, 2.45) is 11.7 Å². The maximum atomic E-state index is 14.0. The van der Waals surface area contributed by atoms with E-state index in [0.717, 1.165) is 64.5 Å². The summed E-state index contributed by atoms with van der Waals surface area (Å²) in [6, 6.07) is 9.60.